The van der Waals surface area contributed by atoms with Gasteiger partial charge in [0.05, 0.1) is 35.6 Å². The number of benzene rings is 2. The van der Waals surface area contributed by atoms with Crippen molar-refractivity contribution in [3.05, 3.63) is 97.2 Å². The Morgan fingerprint density at radius 3 is 2.67 bits per heavy atom. The molecular formula is C30H32N2O6S. The van der Waals surface area contributed by atoms with Gasteiger partial charge in [0.25, 0.3) is 5.56 Å². The molecule has 9 heteroatoms. The van der Waals surface area contributed by atoms with E-state index < -0.39 is 12.0 Å². The van der Waals surface area contributed by atoms with E-state index in [0.29, 0.717) is 38.5 Å². The van der Waals surface area contributed by atoms with Crippen LogP contribution in [0, 0.1) is 0 Å². The minimum absolute atomic E-state index is 0.00667. The van der Waals surface area contributed by atoms with E-state index in [0.717, 1.165) is 30.6 Å². The van der Waals surface area contributed by atoms with Crippen molar-refractivity contribution in [2.45, 2.75) is 39.2 Å². The topological polar surface area (TPSA) is 99.4 Å². The van der Waals surface area contributed by atoms with Crippen molar-refractivity contribution < 1.29 is 24.1 Å². The van der Waals surface area contributed by atoms with Crippen molar-refractivity contribution in [3.8, 4) is 17.2 Å². The van der Waals surface area contributed by atoms with Crippen LogP contribution in [0.5, 0.6) is 17.2 Å². The molecule has 2 heterocycles. The van der Waals surface area contributed by atoms with E-state index in [4.69, 9.17) is 14.2 Å². The second-order valence-corrected chi connectivity index (χ2v) is 10.0. The van der Waals surface area contributed by atoms with Gasteiger partial charge < -0.3 is 19.3 Å². The van der Waals surface area contributed by atoms with Crippen molar-refractivity contribution in [3.63, 3.8) is 0 Å². The van der Waals surface area contributed by atoms with Gasteiger partial charge in [-0.25, -0.2) is 9.79 Å². The fourth-order valence-corrected chi connectivity index (χ4v) is 5.38. The van der Waals surface area contributed by atoms with Crippen LogP contribution in [-0.4, -0.2) is 36.0 Å². The van der Waals surface area contributed by atoms with Gasteiger partial charge in [-0.2, -0.15) is 0 Å². The molecule has 4 rings (SSSR count). The molecular weight excluding hydrogens is 516 g/mol. The summed E-state index contributed by atoms with van der Waals surface area (Å²) in [6.45, 7) is 8.17. The Hall–Kier alpha value is -4.11. The molecule has 0 fully saturated rings. The number of unbranched alkanes of at least 4 members (excludes halogenated alkanes) is 2. The van der Waals surface area contributed by atoms with Gasteiger partial charge in [-0.3, -0.25) is 9.36 Å². The maximum atomic E-state index is 13.8. The molecule has 0 bridgehead atoms. The zero-order valence-electron chi connectivity index (χ0n) is 22.3. The summed E-state index contributed by atoms with van der Waals surface area (Å²) in [4.78, 5) is 32.0. The molecule has 1 aliphatic rings. The maximum Gasteiger partial charge on any atom is 0.338 e. The van der Waals surface area contributed by atoms with Gasteiger partial charge >= 0.3 is 5.97 Å². The van der Waals surface area contributed by atoms with Crippen LogP contribution in [0.15, 0.2) is 76.2 Å². The molecule has 3 aromatic rings. The first-order chi connectivity index (χ1) is 18.9. The summed E-state index contributed by atoms with van der Waals surface area (Å²) in [6.07, 6.45) is 6.40. The summed E-state index contributed by atoms with van der Waals surface area (Å²) in [5.74, 6) is 0.473. The third kappa shape index (κ3) is 6.15. The zero-order valence-corrected chi connectivity index (χ0v) is 23.1. The van der Waals surface area contributed by atoms with E-state index in [1.165, 1.54) is 35.2 Å². The number of fused-ring (bicyclic) bond motifs is 1. The summed E-state index contributed by atoms with van der Waals surface area (Å²) < 4.78 is 18.4. The first-order valence-electron chi connectivity index (χ1n) is 12.8. The lowest BCUT2D eigenvalue weighted by atomic mass is 9.96. The number of nitrogens with zero attached hydrogens (tertiary/aromatic N) is 2. The van der Waals surface area contributed by atoms with Crippen LogP contribution in [0.2, 0.25) is 0 Å². The summed E-state index contributed by atoms with van der Waals surface area (Å²) in [6, 6.07) is 11.5. The molecule has 1 aliphatic heterocycles. The SMILES string of the molecule is C=CCOC(=O)C1=C(C)N=c2sc(=Cc3ccc(O)c(OC)c3)c(=O)n2C1c1ccc(OCCCCC)cc1. The normalized spacial score (nSPS) is 14.9. The van der Waals surface area contributed by atoms with Gasteiger partial charge in [0.2, 0.25) is 0 Å². The molecule has 2 aromatic carbocycles. The number of aromatic nitrogens is 1. The molecule has 8 nitrogen and oxygen atoms in total. The fourth-order valence-electron chi connectivity index (χ4n) is 4.33. The predicted molar refractivity (Wildman–Crippen MR) is 151 cm³/mol. The number of thiazole rings is 1. The lowest BCUT2D eigenvalue weighted by Crippen LogP contribution is -2.39. The highest BCUT2D eigenvalue weighted by Crippen LogP contribution is 2.32. The van der Waals surface area contributed by atoms with Crippen molar-refractivity contribution in [2.24, 2.45) is 4.99 Å². The van der Waals surface area contributed by atoms with Gasteiger partial charge in [-0.15, -0.1) is 0 Å². The molecule has 0 amide bonds. The molecule has 1 N–H and O–H groups in total. The van der Waals surface area contributed by atoms with Gasteiger partial charge in [-0.1, -0.05) is 62.0 Å². The number of hydrogen-bond donors (Lipinski definition) is 1. The quantitative estimate of drug-likeness (QED) is 0.219. The third-order valence-corrected chi connectivity index (χ3v) is 7.27. The smallest absolute Gasteiger partial charge is 0.338 e. The molecule has 1 atom stereocenters. The molecule has 0 aliphatic carbocycles. The molecule has 0 spiro atoms. The number of rotatable bonds is 11. The van der Waals surface area contributed by atoms with E-state index >= 15 is 0 Å². The fraction of sp³-hybridized carbons (Fsp3) is 0.300. The Balaban J connectivity index is 1.80. The predicted octanol–water partition coefficient (Wildman–Crippen LogP) is 4.25. The van der Waals surface area contributed by atoms with Crippen molar-refractivity contribution in [2.75, 3.05) is 20.3 Å². The van der Waals surface area contributed by atoms with E-state index in [9.17, 15) is 14.7 Å². The number of phenols is 1. The van der Waals surface area contributed by atoms with Gasteiger partial charge in [0, 0.05) is 0 Å². The molecule has 0 saturated heterocycles. The van der Waals surface area contributed by atoms with Gasteiger partial charge in [-0.05, 0) is 54.8 Å². The minimum atomic E-state index is -0.732. The highest BCUT2D eigenvalue weighted by atomic mass is 32.1. The second kappa shape index (κ2) is 12.6. The zero-order chi connectivity index (χ0) is 27.9. The van der Waals surface area contributed by atoms with Gasteiger partial charge in [0.15, 0.2) is 16.3 Å². The lowest BCUT2D eigenvalue weighted by Gasteiger charge is -2.24. The van der Waals surface area contributed by atoms with Crippen LogP contribution in [0.25, 0.3) is 6.08 Å². The molecule has 1 unspecified atom stereocenters. The number of carbonyl (C=O) groups excluding carboxylic acids is 1. The van der Waals surface area contributed by atoms with Crippen molar-refractivity contribution in [1.29, 1.82) is 0 Å². The Morgan fingerprint density at radius 1 is 1.21 bits per heavy atom. The molecule has 204 valence electrons. The van der Waals surface area contributed by atoms with E-state index in [-0.39, 0.29) is 17.9 Å². The highest BCUT2D eigenvalue weighted by Gasteiger charge is 2.33. The number of phenolic OH excluding ortho intramolecular Hbond substituents is 1. The Bertz CT molecular complexity index is 1570. The Kier molecular flexibility index (Phi) is 9.03. The molecule has 1 aromatic heterocycles. The molecule has 0 radical (unpaired) electrons. The van der Waals surface area contributed by atoms with E-state index in [1.54, 1.807) is 25.1 Å². The molecule has 0 saturated carbocycles. The number of ether oxygens (including phenoxy) is 3. The van der Waals surface area contributed by atoms with Crippen LogP contribution in [-0.2, 0) is 9.53 Å². The maximum absolute atomic E-state index is 13.8. The monoisotopic (exact) mass is 548 g/mol. The van der Waals surface area contributed by atoms with E-state index in [1.807, 2.05) is 24.3 Å². The third-order valence-electron chi connectivity index (χ3n) is 6.29. The average molecular weight is 549 g/mol. The van der Waals surface area contributed by atoms with Crippen LogP contribution >= 0.6 is 11.3 Å². The molecule has 39 heavy (non-hydrogen) atoms. The number of hydrogen-bond acceptors (Lipinski definition) is 8. The standard InChI is InChI=1S/C30H32N2O6S/c1-5-7-8-16-37-22-12-10-21(11-13-22)27-26(29(35)38-15-6-2)19(3)31-30-32(27)28(34)25(39-30)18-20-9-14-23(33)24(17-20)36-4/h6,9-14,17-18,27,33H,2,5,7-8,15-16H2,1,3-4H3. The van der Waals surface area contributed by atoms with Crippen LogP contribution in [0.1, 0.15) is 50.3 Å². The summed E-state index contributed by atoms with van der Waals surface area (Å²) in [5, 5.41) is 9.93. The minimum Gasteiger partial charge on any atom is -0.504 e. The van der Waals surface area contributed by atoms with Crippen LogP contribution in [0.4, 0.5) is 0 Å². The number of methoxy groups -OCH3 is 1. The van der Waals surface area contributed by atoms with E-state index in [2.05, 4.69) is 18.5 Å². The summed E-state index contributed by atoms with van der Waals surface area (Å²) in [7, 11) is 1.46. The first kappa shape index (κ1) is 27.9. The average Bonchev–Trinajstić information content (AvgIpc) is 3.24. The summed E-state index contributed by atoms with van der Waals surface area (Å²) >= 11 is 1.22. The number of esters is 1. The van der Waals surface area contributed by atoms with Crippen molar-refractivity contribution in [1.82, 2.24) is 4.57 Å². The summed E-state index contributed by atoms with van der Waals surface area (Å²) in [5.41, 5.74) is 1.89. The van der Waals surface area contributed by atoms with Crippen molar-refractivity contribution >= 4 is 23.4 Å². The number of carbonyl (C=O) groups is 1. The Morgan fingerprint density at radius 2 is 1.97 bits per heavy atom. The Labute approximate surface area is 230 Å². The number of allylic oxidation sites excluding steroid dienone is 1. The first-order valence-corrected chi connectivity index (χ1v) is 13.6. The lowest BCUT2D eigenvalue weighted by molar-refractivity contribution is -0.138. The highest BCUT2D eigenvalue weighted by molar-refractivity contribution is 7.07. The largest absolute Gasteiger partial charge is 0.504 e. The van der Waals surface area contributed by atoms with Crippen LogP contribution < -0.4 is 24.4 Å². The second-order valence-electron chi connectivity index (χ2n) is 9.02. The van der Waals surface area contributed by atoms with Crippen LogP contribution in [0.3, 0.4) is 0 Å². The van der Waals surface area contributed by atoms with Gasteiger partial charge in [0.1, 0.15) is 12.4 Å². The number of aromatic hydroxyl groups is 1.